The molecule has 92 valence electrons. The molecule has 3 unspecified atom stereocenters. The molecule has 0 amide bonds. The van der Waals surface area contributed by atoms with Crippen molar-refractivity contribution in [3.05, 3.63) is 35.4 Å². The van der Waals surface area contributed by atoms with Gasteiger partial charge in [-0.3, -0.25) is 0 Å². The molecule has 17 heavy (non-hydrogen) atoms. The average molecular weight is 230 g/mol. The number of hydrogen-bond donors (Lipinski definition) is 0. The highest BCUT2D eigenvalue weighted by Crippen LogP contribution is 2.38. The first-order chi connectivity index (χ1) is 8.31. The van der Waals surface area contributed by atoms with Gasteiger partial charge in [0.05, 0.1) is 12.2 Å². The van der Waals surface area contributed by atoms with E-state index in [1.54, 1.807) is 0 Å². The van der Waals surface area contributed by atoms with Crippen LogP contribution in [0.5, 0.6) is 0 Å². The Bertz CT molecular complexity index is 354. The maximum Gasteiger partial charge on any atom is 0.0622 e. The van der Waals surface area contributed by atoms with Crippen LogP contribution in [0.1, 0.15) is 43.2 Å². The van der Waals surface area contributed by atoms with Crippen LogP contribution in [0.25, 0.3) is 0 Å². The Kier molecular flexibility index (Phi) is 3.19. The topological polar surface area (TPSA) is 9.23 Å². The lowest BCUT2D eigenvalue weighted by atomic mass is 9.85. The van der Waals surface area contributed by atoms with E-state index >= 15 is 0 Å². The minimum Gasteiger partial charge on any atom is -0.374 e. The molecular formula is C16H22O. The Hall–Kier alpha value is -0.820. The summed E-state index contributed by atoms with van der Waals surface area (Å²) in [6.07, 6.45) is 8.95. The molecule has 1 aromatic carbocycles. The van der Waals surface area contributed by atoms with Crippen molar-refractivity contribution >= 4 is 0 Å². The van der Waals surface area contributed by atoms with Gasteiger partial charge in [0.25, 0.3) is 0 Å². The molecule has 0 N–H and O–H groups in total. The summed E-state index contributed by atoms with van der Waals surface area (Å²) in [5.74, 6) is 0.860. The van der Waals surface area contributed by atoms with E-state index in [1.807, 2.05) is 0 Å². The molecule has 1 aromatic rings. The first kappa shape index (κ1) is 11.3. The number of benzene rings is 1. The second kappa shape index (κ2) is 4.81. The van der Waals surface area contributed by atoms with Gasteiger partial charge in [-0.2, -0.15) is 0 Å². The lowest BCUT2D eigenvalue weighted by Crippen LogP contribution is -2.20. The number of ether oxygens (including phenoxy) is 1. The Balaban J connectivity index is 1.61. The van der Waals surface area contributed by atoms with Crippen molar-refractivity contribution in [3.63, 3.8) is 0 Å². The molecule has 1 nitrogen and oxygen atoms in total. The Morgan fingerprint density at radius 2 is 1.88 bits per heavy atom. The predicted molar refractivity (Wildman–Crippen MR) is 70.1 cm³/mol. The highest BCUT2D eigenvalue weighted by atomic mass is 16.5. The molecule has 1 saturated heterocycles. The van der Waals surface area contributed by atoms with Crippen molar-refractivity contribution in [1.82, 2.24) is 0 Å². The van der Waals surface area contributed by atoms with Gasteiger partial charge in [0.15, 0.2) is 0 Å². The van der Waals surface area contributed by atoms with Crippen molar-refractivity contribution < 1.29 is 4.74 Å². The third-order valence-electron chi connectivity index (χ3n) is 4.36. The average Bonchev–Trinajstić information content (AvgIpc) is 2.74. The number of aryl methyl sites for hydroxylation is 1. The molecule has 1 saturated carbocycles. The van der Waals surface area contributed by atoms with Crippen LogP contribution in [-0.4, -0.2) is 12.2 Å². The quantitative estimate of drug-likeness (QED) is 0.749. The normalized spacial score (nSPS) is 32.4. The fourth-order valence-corrected chi connectivity index (χ4v) is 3.38. The van der Waals surface area contributed by atoms with E-state index in [0.717, 1.165) is 12.3 Å². The molecule has 2 fully saturated rings. The molecule has 0 radical (unpaired) electrons. The van der Waals surface area contributed by atoms with Gasteiger partial charge in [0.1, 0.15) is 0 Å². The summed E-state index contributed by atoms with van der Waals surface area (Å²) in [5.41, 5.74) is 2.77. The fourth-order valence-electron chi connectivity index (χ4n) is 3.38. The van der Waals surface area contributed by atoms with Gasteiger partial charge >= 0.3 is 0 Å². The van der Waals surface area contributed by atoms with Crippen molar-refractivity contribution in [2.75, 3.05) is 0 Å². The Morgan fingerprint density at radius 3 is 2.65 bits per heavy atom. The van der Waals surface area contributed by atoms with Gasteiger partial charge in [-0.1, -0.05) is 42.7 Å². The van der Waals surface area contributed by atoms with Crippen LogP contribution in [0, 0.1) is 12.8 Å². The summed E-state index contributed by atoms with van der Waals surface area (Å²) in [6, 6.07) is 8.91. The second-order valence-electron chi connectivity index (χ2n) is 5.77. The number of hydrogen-bond acceptors (Lipinski definition) is 1. The fraction of sp³-hybridized carbons (Fsp3) is 0.625. The molecule has 1 heterocycles. The summed E-state index contributed by atoms with van der Waals surface area (Å²) < 4.78 is 6.20. The van der Waals surface area contributed by atoms with Crippen LogP contribution in [0.3, 0.4) is 0 Å². The minimum atomic E-state index is 0.478. The Morgan fingerprint density at radius 1 is 1.12 bits per heavy atom. The lowest BCUT2D eigenvalue weighted by molar-refractivity contribution is 0.0195. The van der Waals surface area contributed by atoms with E-state index in [4.69, 9.17) is 4.74 Å². The molecule has 0 bridgehead atoms. The summed E-state index contributed by atoms with van der Waals surface area (Å²) >= 11 is 0. The molecule has 1 heteroatoms. The largest absolute Gasteiger partial charge is 0.374 e. The molecule has 3 atom stereocenters. The zero-order chi connectivity index (χ0) is 11.7. The number of rotatable bonds is 2. The molecule has 3 rings (SSSR count). The van der Waals surface area contributed by atoms with Crippen LogP contribution >= 0.6 is 0 Å². The molecule has 0 spiro atoms. The van der Waals surface area contributed by atoms with Crippen LogP contribution in [-0.2, 0) is 11.2 Å². The lowest BCUT2D eigenvalue weighted by Gasteiger charge is -2.23. The van der Waals surface area contributed by atoms with Crippen molar-refractivity contribution in [1.29, 1.82) is 0 Å². The van der Waals surface area contributed by atoms with Gasteiger partial charge in [0.2, 0.25) is 0 Å². The number of fused-ring (bicyclic) bond motifs is 1. The maximum absolute atomic E-state index is 6.20. The third-order valence-corrected chi connectivity index (χ3v) is 4.36. The van der Waals surface area contributed by atoms with E-state index in [9.17, 15) is 0 Å². The first-order valence-corrected chi connectivity index (χ1v) is 7.02. The van der Waals surface area contributed by atoms with Crippen molar-refractivity contribution in [3.8, 4) is 0 Å². The minimum absolute atomic E-state index is 0.478. The third kappa shape index (κ3) is 2.55. The summed E-state index contributed by atoms with van der Waals surface area (Å²) in [5, 5.41) is 0. The van der Waals surface area contributed by atoms with Crippen LogP contribution < -0.4 is 0 Å². The van der Waals surface area contributed by atoms with Gasteiger partial charge in [-0.25, -0.2) is 0 Å². The van der Waals surface area contributed by atoms with E-state index < -0.39 is 0 Å². The van der Waals surface area contributed by atoms with E-state index in [0.29, 0.717) is 12.2 Å². The van der Waals surface area contributed by atoms with Crippen LogP contribution in [0.2, 0.25) is 0 Å². The predicted octanol–water partition coefficient (Wildman–Crippen LogP) is 3.89. The molecule has 1 aliphatic heterocycles. The first-order valence-electron chi connectivity index (χ1n) is 7.02. The van der Waals surface area contributed by atoms with Crippen molar-refractivity contribution in [2.24, 2.45) is 5.92 Å². The van der Waals surface area contributed by atoms with Gasteiger partial charge in [-0.15, -0.1) is 0 Å². The van der Waals surface area contributed by atoms with Crippen molar-refractivity contribution in [2.45, 2.75) is 57.7 Å². The van der Waals surface area contributed by atoms with E-state index in [-0.39, 0.29) is 0 Å². The standard InChI is InChI=1S/C16H22O/c1-12-6-8-13(9-7-12)10-15-11-14-4-2-3-5-16(14)17-15/h6-9,14-16H,2-5,10-11H2,1H3. The molecule has 2 aliphatic rings. The molecular weight excluding hydrogens is 208 g/mol. The smallest absolute Gasteiger partial charge is 0.0622 e. The monoisotopic (exact) mass is 230 g/mol. The maximum atomic E-state index is 6.20. The highest BCUT2D eigenvalue weighted by molar-refractivity contribution is 5.22. The van der Waals surface area contributed by atoms with Crippen LogP contribution in [0.15, 0.2) is 24.3 Å². The Labute approximate surface area is 104 Å². The molecule has 1 aliphatic carbocycles. The molecule has 0 aromatic heterocycles. The van der Waals surface area contributed by atoms with Gasteiger partial charge in [-0.05, 0) is 44.1 Å². The zero-order valence-electron chi connectivity index (χ0n) is 10.7. The summed E-state index contributed by atoms with van der Waals surface area (Å²) in [6.45, 7) is 2.14. The zero-order valence-corrected chi connectivity index (χ0v) is 10.7. The van der Waals surface area contributed by atoms with E-state index in [2.05, 4.69) is 31.2 Å². The SMILES string of the molecule is Cc1ccc(CC2CC3CCCCC3O2)cc1. The highest BCUT2D eigenvalue weighted by Gasteiger charge is 2.36. The summed E-state index contributed by atoms with van der Waals surface area (Å²) in [4.78, 5) is 0. The van der Waals surface area contributed by atoms with Gasteiger partial charge in [0, 0.05) is 0 Å². The van der Waals surface area contributed by atoms with Crippen LogP contribution in [0.4, 0.5) is 0 Å². The van der Waals surface area contributed by atoms with Gasteiger partial charge < -0.3 is 4.74 Å². The summed E-state index contributed by atoms with van der Waals surface area (Å²) in [7, 11) is 0. The van der Waals surface area contributed by atoms with E-state index in [1.165, 1.54) is 43.2 Å². The second-order valence-corrected chi connectivity index (χ2v) is 5.77.